The Bertz CT molecular complexity index is 467. The molecule has 0 aromatic carbocycles. The molecule has 0 radical (unpaired) electrons. The van der Waals surface area contributed by atoms with E-state index in [0.717, 1.165) is 0 Å². The van der Waals surface area contributed by atoms with Crippen molar-refractivity contribution in [1.82, 2.24) is 9.38 Å². The molecule has 2 aromatic heterocycles. The Morgan fingerprint density at radius 2 is 2.29 bits per heavy atom. The maximum Gasteiger partial charge on any atom is 0.155 e. The van der Waals surface area contributed by atoms with Gasteiger partial charge in [0, 0.05) is 18.7 Å². The number of imidazole rings is 1. The number of halogens is 1. The highest BCUT2D eigenvalue weighted by molar-refractivity contribution is 6.32. The highest BCUT2D eigenvalue weighted by Crippen LogP contribution is 2.22. The first-order valence-corrected chi connectivity index (χ1v) is 4.56. The molecule has 0 saturated carbocycles. The van der Waals surface area contributed by atoms with Crippen LogP contribution in [0.1, 0.15) is 5.82 Å². The van der Waals surface area contributed by atoms with Gasteiger partial charge in [-0.05, 0) is 6.07 Å². The van der Waals surface area contributed by atoms with E-state index in [1.165, 1.54) is 6.07 Å². The monoisotopic (exact) mass is 212 g/mol. The van der Waals surface area contributed by atoms with E-state index in [0.29, 0.717) is 22.9 Å². The SMILES string of the molecule is OCCc1nc(Cl)c2cc(O)ccn12. The van der Waals surface area contributed by atoms with Gasteiger partial charge in [-0.15, -0.1) is 0 Å². The Morgan fingerprint density at radius 1 is 1.50 bits per heavy atom. The Balaban J connectivity index is 2.65. The van der Waals surface area contributed by atoms with Crippen LogP contribution in [0.3, 0.4) is 0 Å². The molecular weight excluding hydrogens is 204 g/mol. The Hall–Kier alpha value is -1.26. The van der Waals surface area contributed by atoms with Crippen molar-refractivity contribution >= 4 is 17.1 Å². The van der Waals surface area contributed by atoms with E-state index in [2.05, 4.69) is 4.98 Å². The summed E-state index contributed by atoms with van der Waals surface area (Å²) in [4.78, 5) is 4.08. The molecule has 2 N–H and O–H groups in total. The minimum Gasteiger partial charge on any atom is -0.508 e. The Kier molecular flexibility index (Phi) is 2.31. The molecule has 74 valence electrons. The van der Waals surface area contributed by atoms with Gasteiger partial charge in [0.25, 0.3) is 0 Å². The van der Waals surface area contributed by atoms with E-state index in [9.17, 15) is 5.11 Å². The van der Waals surface area contributed by atoms with Gasteiger partial charge in [0.1, 0.15) is 11.6 Å². The number of hydrogen-bond donors (Lipinski definition) is 2. The van der Waals surface area contributed by atoms with Crippen LogP contribution < -0.4 is 0 Å². The molecule has 0 fully saturated rings. The molecule has 0 spiro atoms. The molecule has 0 saturated heterocycles. The second-order valence-electron chi connectivity index (χ2n) is 2.93. The number of aromatic hydroxyl groups is 1. The topological polar surface area (TPSA) is 57.8 Å². The molecule has 0 atom stereocenters. The van der Waals surface area contributed by atoms with Crippen LogP contribution in [-0.2, 0) is 6.42 Å². The minimum atomic E-state index is 0.0241. The first kappa shape index (κ1) is 9.30. The second kappa shape index (κ2) is 3.48. The molecule has 14 heavy (non-hydrogen) atoms. The number of pyridine rings is 1. The number of fused-ring (bicyclic) bond motifs is 1. The van der Waals surface area contributed by atoms with Gasteiger partial charge in [-0.2, -0.15) is 0 Å². The standard InChI is InChI=1S/C9H9ClN2O2/c10-9-7-5-6(14)1-3-12(7)8(11-9)2-4-13/h1,3,5,13-14H,2,4H2. The van der Waals surface area contributed by atoms with E-state index in [1.54, 1.807) is 16.7 Å². The highest BCUT2D eigenvalue weighted by Gasteiger charge is 2.08. The molecule has 2 aromatic rings. The summed E-state index contributed by atoms with van der Waals surface area (Å²) >= 11 is 5.86. The third kappa shape index (κ3) is 1.42. The van der Waals surface area contributed by atoms with E-state index in [1.807, 2.05) is 0 Å². The lowest BCUT2D eigenvalue weighted by Gasteiger charge is -1.98. The second-order valence-corrected chi connectivity index (χ2v) is 3.29. The van der Waals surface area contributed by atoms with Gasteiger partial charge in [-0.25, -0.2) is 4.98 Å². The van der Waals surface area contributed by atoms with E-state index >= 15 is 0 Å². The average Bonchev–Trinajstić information content (AvgIpc) is 2.44. The van der Waals surface area contributed by atoms with Crippen LogP contribution in [0.4, 0.5) is 0 Å². The van der Waals surface area contributed by atoms with E-state index in [4.69, 9.17) is 16.7 Å². The van der Waals surface area contributed by atoms with Crippen LogP contribution in [0.15, 0.2) is 18.3 Å². The average molecular weight is 213 g/mol. The smallest absolute Gasteiger partial charge is 0.155 e. The predicted molar refractivity (Wildman–Crippen MR) is 52.7 cm³/mol. The largest absolute Gasteiger partial charge is 0.508 e. The maximum absolute atomic E-state index is 9.24. The summed E-state index contributed by atoms with van der Waals surface area (Å²) in [6, 6.07) is 3.09. The molecular formula is C9H9ClN2O2. The zero-order chi connectivity index (χ0) is 10.1. The van der Waals surface area contributed by atoms with E-state index in [-0.39, 0.29) is 12.4 Å². The van der Waals surface area contributed by atoms with Gasteiger partial charge < -0.3 is 14.6 Å². The van der Waals surface area contributed by atoms with Crippen LogP contribution in [-0.4, -0.2) is 26.2 Å². The zero-order valence-corrected chi connectivity index (χ0v) is 8.07. The van der Waals surface area contributed by atoms with Crippen LogP contribution in [0.5, 0.6) is 5.75 Å². The lowest BCUT2D eigenvalue weighted by atomic mass is 10.4. The molecule has 0 bridgehead atoms. The summed E-state index contributed by atoms with van der Waals surface area (Å²) in [6.07, 6.45) is 2.12. The van der Waals surface area contributed by atoms with Crippen molar-refractivity contribution in [2.45, 2.75) is 6.42 Å². The number of nitrogens with zero attached hydrogens (tertiary/aromatic N) is 2. The van der Waals surface area contributed by atoms with Crippen molar-refractivity contribution < 1.29 is 10.2 Å². The minimum absolute atomic E-state index is 0.0241. The third-order valence-electron chi connectivity index (χ3n) is 1.99. The highest BCUT2D eigenvalue weighted by atomic mass is 35.5. The van der Waals surface area contributed by atoms with Crippen LogP contribution in [0, 0.1) is 0 Å². The van der Waals surface area contributed by atoms with Gasteiger partial charge in [-0.1, -0.05) is 11.6 Å². The number of rotatable bonds is 2. The Morgan fingerprint density at radius 3 is 3.00 bits per heavy atom. The van der Waals surface area contributed by atoms with Gasteiger partial charge in [0.05, 0.1) is 12.1 Å². The summed E-state index contributed by atoms with van der Waals surface area (Å²) in [5.41, 5.74) is 0.648. The zero-order valence-electron chi connectivity index (χ0n) is 7.31. The van der Waals surface area contributed by atoms with Crippen molar-refractivity contribution in [3.63, 3.8) is 0 Å². The lowest BCUT2D eigenvalue weighted by molar-refractivity contribution is 0.296. The molecule has 0 aliphatic heterocycles. The summed E-state index contributed by atoms with van der Waals surface area (Å²) in [7, 11) is 0. The molecule has 0 aliphatic rings. The van der Waals surface area contributed by atoms with Gasteiger partial charge in [0.15, 0.2) is 5.15 Å². The number of aliphatic hydroxyl groups excluding tert-OH is 1. The van der Waals surface area contributed by atoms with Gasteiger partial charge in [-0.3, -0.25) is 0 Å². The molecule has 4 nitrogen and oxygen atoms in total. The fraction of sp³-hybridized carbons (Fsp3) is 0.222. The fourth-order valence-corrected chi connectivity index (χ4v) is 1.62. The molecule has 0 unspecified atom stereocenters. The third-order valence-corrected chi connectivity index (χ3v) is 2.27. The first-order chi connectivity index (χ1) is 6.72. The van der Waals surface area contributed by atoms with Crippen molar-refractivity contribution in [3.05, 3.63) is 29.3 Å². The number of aromatic nitrogens is 2. The van der Waals surface area contributed by atoms with E-state index < -0.39 is 0 Å². The summed E-state index contributed by atoms with van der Waals surface area (Å²) in [5, 5.41) is 18.4. The quantitative estimate of drug-likeness (QED) is 0.787. The van der Waals surface area contributed by atoms with Crippen LogP contribution in [0.25, 0.3) is 5.52 Å². The molecule has 0 aliphatic carbocycles. The molecule has 5 heteroatoms. The van der Waals surface area contributed by atoms with Gasteiger partial charge >= 0.3 is 0 Å². The van der Waals surface area contributed by atoms with Crippen LogP contribution >= 0.6 is 11.6 Å². The number of aliphatic hydroxyl groups is 1. The van der Waals surface area contributed by atoms with Crippen molar-refractivity contribution in [2.75, 3.05) is 6.61 Å². The van der Waals surface area contributed by atoms with Crippen molar-refractivity contribution in [3.8, 4) is 5.75 Å². The molecule has 2 rings (SSSR count). The molecule has 0 amide bonds. The fourth-order valence-electron chi connectivity index (χ4n) is 1.37. The summed E-state index contributed by atoms with van der Waals surface area (Å²) in [5.74, 6) is 0.836. The van der Waals surface area contributed by atoms with Crippen molar-refractivity contribution in [2.24, 2.45) is 0 Å². The van der Waals surface area contributed by atoms with Crippen LogP contribution in [0.2, 0.25) is 5.15 Å². The summed E-state index contributed by atoms with van der Waals surface area (Å²) in [6.45, 7) is 0.0241. The normalized spacial score (nSPS) is 11.0. The number of hydrogen-bond acceptors (Lipinski definition) is 3. The molecule has 2 heterocycles. The summed E-state index contributed by atoms with van der Waals surface area (Å²) < 4.78 is 1.75. The Labute approximate surface area is 85.4 Å². The van der Waals surface area contributed by atoms with Gasteiger partial charge in [0.2, 0.25) is 0 Å². The lowest BCUT2D eigenvalue weighted by Crippen LogP contribution is -1.97. The maximum atomic E-state index is 9.24. The van der Waals surface area contributed by atoms with Crippen molar-refractivity contribution in [1.29, 1.82) is 0 Å². The predicted octanol–water partition coefficient (Wildman–Crippen LogP) is 1.23. The first-order valence-electron chi connectivity index (χ1n) is 4.18.